The van der Waals surface area contributed by atoms with Gasteiger partial charge in [0.05, 0.1) is 24.4 Å². The van der Waals surface area contributed by atoms with E-state index in [4.69, 9.17) is 28.1 Å². The van der Waals surface area contributed by atoms with Crippen LogP contribution < -0.4 is 0 Å². The minimum atomic E-state index is -2.17. The van der Waals surface area contributed by atoms with Gasteiger partial charge in [0, 0.05) is 25.6 Å². The minimum Gasteiger partial charge on any atom is -0.411 e. The Morgan fingerprint density at radius 1 is 1.03 bits per heavy atom. The Balaban J connectivity index is 2.63. The molecule has 1 N–H and O–H groups in total. The molecule has 0 amide bonds. The van der Waals surface area contributed by atoms with Crippen LogP contribution in [0.25, 0.3) is 0 Å². The summed E-state index contributed by atoms with van der Waals surface area (Å²) in [5.41, 5.74) is -1.71. The Bertz CT molecular complexity index is 654. The third kappa shape index (κ3) is 6.20. The largest absolute Gasteiger partial charge is 0.411 e. The molecule has 1 heterocycles. The maximum absolute atomic E-state index is 10.1. The third-order valence-corrected chi connectivity index (χ3v) is 12.0. The maximum atomic E-state index is 10.1. The van der Waals surface area contributed by atoms with Gasteiger partial charge >= 0.3 is 0 Å². The second kappa shape index (κ2) is 9.77. The van der Waals surface area contributed by atoms with E-state index < -0.39 is 25.1 Å². The van der Waals surface area contributed by atoms with Gasteiger partial charge in [-0.3, -0.25) is 0 Å². The van der Waals surface area contributed by atoms with Gasteiger partial charge in [0.2, 0.25) is 0 Å². The van der Waals surface area contributed by atoms with Crippen molar-refractivity contribution in [2.75, 3.05) is 27.1 Å². The first-order valence-electron chi connectivity index (χ1n) is 12.2. The average Bonchev–Trinajstić information content (AvgIpc) is 2.90. The van der Waals surface area contributed by atoms with Crippen LogP contribution in [0, 0.1) is 5.41 Å². The molecule has 2 aliphatic rings. The van der Waals surface area contributed by atoms with Crippen LogP contribution >= 0.6 is 0 Å². The normalized spacial score (nSPS) is 35.0. The molecule has 0 aromatic carbocycles. The number of aliphatic hydroxyl groups excluding tert-OH is 1. The molecule has 1 saturated carbocycles. The molecular weight excluding hydrogens is 440 g/mol. The molecule has 2 rings (SSSR count). The van der Waals surface area contributed by atoms with E-state index in [-0.39, 0.29) is 49.0 Å². The zero-order chi connectivity index (χ0) is 25.5. The van der Waals surface area contributed by atoms with Crippen LogP contribution in [-0.4, -0.2) is 75.8 Å². The average molecular weight is 491 g/mol. The van der Waals surface area contributed by atoms with E-state index in [1.807, 2.05) is 13.8 Å². The van der Waals surface area contributed by atoms with E-state index in [9.17, 15) is 5.11 Å². The predicted octanol–water partition coefficient (Wildman–Crippen LogP) is 4.86. The van der Waals surface area contributed by atoms with Crippen LogP contribution in [0.15, 0.2) is 0 Å². The number of ether oxygens (including phenoxy) is 5. The lowest BCUT2D eigenvalue weighted by Crippen LogP contribution is -2.70. The van der Waals surface area contributed by atoms with Crippen LogP contribution in [0.4, 0.5) is 0 Å². The van der Waals surface area contributed by atoms with Gasteiger partial charge in [-0.1, -0.05) is 27.7 Å². The van der Waals surface area contributed by atoms with Gasteiger partial charge < -0.3 is 33.2 Å². The Kier molecular flexibility index (Phi) is 8.63. The summed E-state index contributed by atoms with van der Waals surface area (Å²) >= 11 is 0. The first-order chi connectivity index (χ1) is 14.8. The lowest BCUT2D eigenvalue weighted by atomic mass is 9.61. The van der Waals surface area contributed by atoms with Crippen molar-refractivity contribution < 1.29 is 33.2 Å². The second-order valence-corrected chi connectivity index (χ2v) is 17.8. The Morgan fingerprint density at radius 2 is 1.64 bits per heavy atom. The molecule has 0 bridgehead atoms. The molecule has 7 nitrogen and oxygen atoms in total. The molecule has 1 aliphatic carbocycles. The molecule has 0 radical (unpaired) electrons. The number of hydrogen-bond acceptors (Lipinski definition) is 7. The van der Waals surface area contributed by atoms with Crippen molar-refractivity contribution in [3.63, 3.8) is 0 Å². The van der Waals surface area contributed by atoms with Gasteiger partial charge in [0.15, 0.2) is 14.1 Å². The number of fused-ring (bicyclic) bond motifs is 1. The summed E-state index contributed by atoms with van der Waals surface area (Å²) in [6.45, 7) is 23.9. The number of aliphatic hydroxyl groups is 1. The van der Waals surface area contributed by atoms with Crippen LogP contribution in [0.2, 0.25) is 18.1 Å². The van der Waals surface area contributed by atoms with Crippen molar-refractivity contribution in [2.24, 2.45) is 5.41 Å². The van der Waals surface area contributed by atoms with Crippen molar-refractivity contribution >= 4 is 8.32 Å². The van der Waals surface area contributed by atoms with E-state index in [1.165, 1.54) is 0 Å². The summed E-state index contributed by atoms with van der Waals surface area (Å²) in [7, 11) is -0.564. The van der Waals surface area contributed by atoms with Crippen molar-refractivity contribution in [1.82, 2.24) is 0 Å². The van der Waals surface area contributed by atoms with Crippen molar-refractivity contribution in [1.29, 1.82) is 0 Å². The number of hydrogen-bond donors (Lipinski definition) is 1. The van der Waals surface area contributed by atoms with E-state index >= 15 is 0 Å². The summed E-state index contributed by atoms with van der Waals surface area (Å²) in [5, 5.41) is 10.1. The van der Waals surface area contributed by atoms with Crippen molar-refractivity contribution in [3.8, 4) is 0 Å². The SMILES string of the molecule is COCOC[C@@]12OC(C)(C)O[C@@H]1[C@](C)(CCO)[C@@H](OC(C)(C)C)C[C@@H]2O[Si](C)(C)C(C)(C)C. The van der Waals surface area contributed by atoms with Gasteiger partial charge in [-0.25, -0.2) is 0 Å². The Labute approximate surface area is 202 Å². The van der Waals surface area contributed by atoms with Crippen LogP contribution in [0.1, 0.15) is 75.2 Å². The number of rotatable bonds is 9. The smallest absolute Gasteiger partial charge is 0.192 e. The molecule has 0 spiro atoms. The van der Waals surface area contributed by atoms with Crippen LogP contribution in [-0.2, 0) is 28.1 Å². The van der Waals surface area contributed by atoms with Gasteiger partial charge in [-0.05, 0) is 59.2 Å². The highest BCUT2D eigenvalue weighted by molar-refractivity contribution is 6.74. The molecule has 5 atom stereocenters. The highest BCUT2D eigenvalue weighted by atomic mass is 28.4. The molecule has 0 unspecified atom stereocenters. The standard InChI is InChI=1S/C25H50O7Si/c1-21(2,3)29-18-15-19(31-33(11,12)22(4,5)6)25(16-28-17-27-10)20(24(18,9)13-14-26)30-23(7,8)32-25/h18-20,26H,13-17H2,1-12H3/t18-,19-,20+,24+,25-/m0/s1. The third-order valence-electron chi connectivity index (χ3n) is 7.51. The van der Waals surface area contributed by atoms with Crippen LogP contribution in [0.3, 0.4) is 0 Å². The van der Waals surface area contributed by atoms with Gasteiger partial charge in [0.1, 0.15) is 18.5 Å². The summed E-state index contributed by atoms with van der Waals surface area (Å²) in [4.78, 5) is 0. The monoisotopic (exact) mass is 490 g/mol. The van der Waals surface area contributed by atoms with E-state index in [2.05, 4.69) is 61.6 Å². The molecule has 2 fully saturated rings. The second-order valence-electron chi connectivity index (χ2n) is 13.0. The summed E-state index contributed by atoms with van der Waals surface area (Å²) in [5.74, 6) is -0.830. The Morgan fingerprint density at radius 3 is 2.12 bits per heavy atom. The van der Waals surface area contributed by atoms with Crippen molar-refractivity contribution in [2.45, 2.75) is 129 Å². The first kappa shape index (κ1) is 29.2. The molecule has 1 saturated heterocycles. The van der Waals surface area contributed by atoms with E-state index in [0.717, 1.165) is 0 Å². The predicted molar refractivity (Wildman–Crippen MR) is 132 cm³/mol. The molecule has 0 aromatic rings. The maximum Gasteiger partial charge on any atom is 0.192 e. The lowest BCUT2D eigenvalue weighted by Gasteiger charge is -2.57. The fraction of sp³-hybridized carbons (Fsp3) is 1.00. The van der Waals surface area contributed by atoms with E-state index in [0.29, 0.717) is 12.8 Å². The van der Waals surface area contributed by atoms with Gasteiger partial charge in [0.25, 0.3) is 0 Å². The van der Waals surface area contributed by atoms with Crippen molar-refractivity contribution in [3.05, 3.63) is 0 Å². The summed E-state index contributed by atoms with van der Waals surface area (Å²) in [6.07, 6.45) is 0.293. The topological polar surface area (TPSA) is 75.6 Å². The highest BCUT2D eigenvalue weighted by Gasteiger charge is 2.69. The molecule has 8 heteroatoms. The quantitative estimate of drug-likeness (QED) is 0.281. The lowest BCUT2D eigenvalue weighted by molar-refractivity contribution is -0.245. The fourth-order valence-corrected chi connectivity index (χ4v) is 6.34. The zero-order valence-electron chi connectivity index (χ0n) is 23.2. The minimum absolute atomic E-state index is 0.0261. The highest BCUT2D eigenvalue weighted by Crippen LogP contribution is 2.57. The summed E-state index contributed by atoms with van der Waals surface area (Å²) < 4.78 is 38.2. The molecular formula is C25H50O7Si. The molecule has 33 heavy (non-hydrogen) atoms. The van der Waals surface area contributed by atoms with Gasteiger partial charge in [-0.15, -0.1) is 0 Å². The first-order valence-corrected chi connectivity index (χ1v) is 15.2. The number of methoxy groups -OCH3 is 1. The zero-order valence-corrected chi connectivity index (χ0v) is 24.2. The van der Waals surface area contributed by atoms with E-state index in [1.54, 1.807) is 7.11 Å². The van der Waals surface area contributed by atoms with Crippen LogP contribution in [0.5, 0.6) is 0 Å². The molecule has 1 aliphatic heterocycles. The Hall–Kier alpha value is -0.0631. The van der Waals surface area contributed by atoms with Gasteiger partial charge in [-0.2, -0.15) is 0 Å². The molecule has 0 aromatic heterocycles. The summed E-state index contributed by atoms with van der Waals surface area (Å²) in [6, 6.07) is 0. The molecule has 196 valence electrons. The fourth-order valence-electron chi connectivity index (χ4n) is 4.98.